The Morgan fingerprint density at radius 2 is 1.50 bits per heavy atom. The maximum absolute atomic E-state index is 8.20. The Bertz CT molecular complexity index is 136. The molecule has 0 aromatic heterocycles. The fourth-order valence-electron chi connectivity index (χ4n) is 2.55. The third-order valence-corrected chi connectivity index (χ3v) is 3.57. The standard InChI is InChI=1S/C13H26N/c1-2-3-4-5-6-7-10-13(14)11-8-9-12-13/h14H,2-12H2,1H3. The van der Waals surface area contributed by atoms with Crippen LogP contribution in [0.2, 0.25) is 0 Å². The molecule has 1 nitrogen and oxygen atoms in total. The first-order valence-electron chi connectivity index (χ1n) is 6.52. The van der Waals surface area contributed by atoms with Crippen molar-refractivity contribution in [2.75, 3.05) is 0 Å². The van der Waals surface area contributed by atoms with E-state index in [0.29, 0.717) is 0 Å². The summed E-state index contributed by atoms with van der Waals surface area (Å²) in [6, 6.07) is 0. The minimum atomic E-state index is -0.00917. The van der Waals surface area contributed by atoms with Crippen molar-refractivity contribution in [2.24, 2.45) is 0 Å². The molecule has 83 valence electrons. The minimum absolute atomic E-state index is 0.00917. The van der Waals surface area contributed by atoms with Crippen LogP contribution in [0.25, 0.3) is 0 Å². The summed E-state index contributed by atoms with van der Waals surface area (Å²) in [7, 11) is 0. The summed E-state index contributed by atoms with van der Waals surface area (Å²) in [4.78, 5) is 0. The van der Waals surface area contributed by atoms with Gasteiger partial charge in [0.2, 0.25) is 0 Å². The Labute approximate surface area is 89.5 Å². The Hall–Kier alpha value is -0.0400. The van der Waals surface area contributed by atoms with Gasteiger partial charge in [0.1, 0.15) is 0 Å². The topological polar surface area (TPSA) is 23.8 Å². The highest BCUT2D eigenvalue weighted by atomic mass is 14.7. The van der Waals surface area contributed by atoms with Crippen LogP contribution in [-0.2, 0) is 0 Å². The SMILES string of the molecule is CCCCCCCCC1([NH])CCCC1. The van der Waals surface area contributed by atoms with E-state index in [2.05, 4.69) is 6.92 Å². The third kappa shape index (κ3) is 4.45. The van der Waals surface area contributed by atoms with Gasteiger partial charge in [0, 0.05) is 5.54 Å². The molecule has 0 unspecified atom stereocenters. The first-order chi connectivity index (χ1) is 6.77. The van der Waals surface area contributed by atoms with E-state index in [1.165, 1.54) is 70.6 Å². The lowest BCUT2D eigenvalue weighted by molar-refractivity contribution is 0.370. The molecular weight excluding hydrogens is 170 g/mol. The fourth-order valence-corrected chi connectivity index (χ4v) is 2.55. The lowest BCUT2D eigenvalue weighted by Gasteiger charge is -2.21. The van der Waals surface area contributed by atoms with E-state index in [1.807, 2.05) is 0 Å². The van der Waals surface area contributed by atoms with Crippen molar-refractivity contribution in [1.29, 1.82) is 0 Å². The van der Waals surface area contributed by atoms with E-state index in [0.717, 1.165) is 0 Å². The van der Waals surface area contributed by atoms with E-state index in [-0.39, 0.29) is 5.54 Å². The van der Waals surface area contributed by atoms with Crippen molar-refractivity contribution in [3.8, 4) is 0 Å². The van der Waals surface area contributed by atoms with Gasteiger partial charge in [-0.2, -0.15) is 0 Å². The van der Waals surface area contributed by atoms with Crippen LogP contribution < -0.4 is 5.73 Å². The Balaban J connectivity index is 1.92. The fraction of sp³-hybridized carbons (Fsp3) is 1.00. The molecule has 0 heterocycles. The summed E-state index contributed by atoms with van der Waals surface area (Å²) in [6.45, 7) is 2.26. The molecule has 1 rings (SSSR count). The van der Waals surface area contributed by atoms with Crippen molar-refractivity contribution >= 4 is 0 Å². The monoisotopic (exact) mass is 196 g/mol. The number of rotatable bonds is 7. The van der Waals surface area contributed by atoms with Crippen LogP contribution in [0.15, 0.2) is 0 Å². The number of unbranched alkanes of at least 4 members (excludes halogenated alkanes) is 5. The summed E-state index contributed by atoms with van der Waals surface area (Å²) in [5.41, 5.74) is 8.19. The van der Waals surface area contributed by atoms with Crippen LogP contribution in [0.4, 0.5) is 0 Å². The highest BCUT2D eigenvalue weighted by Crippen LogP contribution is 2.33. The molecule has 1 aliphatic carbocycles. The van der Waals surface area contributed by atoms with E-state index in [9.17, 15) is 0 Å². The zero-order chi connectivity index (χ0) is 10.3. The quantitative estimate of drug-likeness (QED) is 0.541. The molecule has 0 bridgehead atoms. The summed E-state index contributed by atoms with van der Waals surface area (Å²) >= 11 is 0. The molecule has 1 aliphatic rings. The Morgan fingerprint density at radius 1 is 0.929 bits per heavy atom. The van der Waals surface area contributed by atoms with Gasteiger partial charge in [0.25, 0.3) is 0 Å². The van der Waals surface area contributed by atoms with Crippen LogP contribution in [0.3, 0.4) is 0 Å². The molecule has 0 amide bonds. The molecule has 0 spiro atoms. The van der Waals surface area contributed by atoms with Crippen molar-refractivity contribution in [1.82, 2.24) is 5.73 Å². The average molecular weight is 196 g/mol. The van der Waals surface area contributed by atoms with E-state index >= 15 is 0 Å². The van der Waals surface area contributed by atoms with Crippen LogP contribution in [0, 0.1) is 0 Å². The minimum Gasteiger partial charge on any atom is -0.251 e. The lowest BCUT2D eigenvalue weighted by atomic mass is 9.91. The number of hydrogen-bond donors (Lipinski definition) is 0. The maximum Gasteiger partial charge on any atom is 0.0324 e. The van der Waals surface area contributed by atoms with Gasteiger partial charge in [-0.1, -0.05) is 58.3 Å². The lowest BCUT2D eigenvalue weighted by Crippen LogP contribution is -2.25. The van der Waals surface area contributed by atoms with Crippen molar-refractivity contribution in [2.45, 2.75) is 83.1 Å². The predicted molar refractivity (Wildman–Crippen MR) is 62.3 cm³/mol. The molecular formula is C13H26N. The van der Waals surface area contributed by atoms with Gasteiger partial charge in [-0.05, 0) is 19.3 Å². The number of nitrogens with one attached hydrogen (secondary N) is 1. The normalized spacial score (nSPS) is 20.1. The largest absolute Gasteiger partial charge is 0.251 e. The van der Waals surface area contributed by atoms with Gasteiger partial charge in [-0.15, -0.1) is 0 Å². The maximum atomic E-state index is 8.20. The van der Waals surface area contributed by atoms with E-state index in [1.54, 1.807) is 0 Å². The molecule has 1 N–H and O–H groups in total. The zero-order valence-corrected chi connectivity index (χ0v) is 9.78. The molecule has 1 saturated carbocycles. The summed E-state index contributed by atoms with van der Waals surface area (Å²) in [5.74, 6) is 0. The van der Waals surface area contributed by atoms with Crippen LogP contribution in [0.1, 0.15) is 77.6 Å². The molecule has 14 heavy (non-hydrogen) atoms. The Kier molecular flexibility index (Phi) is 5.54. The second kappa shape index (κ2) is 6.44. The summed E-state index contributed by atoms with van der Waals surface area (Å²) in [6.07, 6.45) is 14.3. The first kappa shape index (κ1) is 12.0. The van der Waals surface area contributed by atoms with Crippen molar-refractivity contribution in [3.63, 3.8) is 0 Å². The molecule has 0 atom stereocenters. The van der Waals surface area contributed by atoms with Crippen molar-refractivity contribution < 1.29 is 0 Å². The molecule has 1 heteroatoms. The zero-order valence-electron chi connectivity index (χ0n) is 9.78. The second-order valence-corrected chi connectivity index (χ2v) is 5.01. The van der Waals surface area contributed by atoms with Crippen molar-refractivity contribution in [3.05, 3.63) is 0 Å². The molecule has 1 radical (unpaired) electrons. The van der Waals surface area contributed by atoms with Gasteiger partial charge in [0.05, 0.1) is 0 Å². The molecule has 1 fully saturated rings. The average Bonchev–Trinajstić information content (AvgIpc) is 2.59. The van der Waals surface area contributed by atoms with Crippen LogP contribution >= 0.6 is 0 Å². The molecule has 0 aliphatic heterocycles. The highest BCUT2D eigenvalue weighted by molar-refractivity contribution is 4.87. The van der Waals surface area contributed by atoms with Gasteiger partial charge >= 0.3 is 0 Å². The predicted octanol–water partition coefficient (Wildman–Crippen LogP) is 4.33. The van der Waals surface area contributed by atoms with Gasteiger partial charge in [-0.3, -0.25) is 5.73 Å². The highest BCUT2D eigenvalue weighted by Gasteiger charge is 2.29. The smallest absolute Gasteiger partial charge is 0.0324 e. The summed E-state index contributed by atoms with van der Waals surface area (Å²) < 4.78 is 0. The summed E-state index contributed by atoms with van der Waals surface area (Å²) in [5, 5.41) is 0. The van der Waals surface area contributed by atoms with Gasteiger partial charge < -0.3 is 0 Å². The third-order valence-electron chi connectivity index (χ3n) is 3.57. The van der Waals surface area contributed by atoms with E-state index < -0.39 is 0 Å². The Morgan fingerprint density at radius 3 is 2.14 bits per heavy atom. The molecule has 0 saturated heterocycles. The second-order valence-electron chi connectivity index (χ2n) is 5.01. The van der Waals surface area contributed by atoms with Gasteiger partial charge in [-0.25, -0.2) is 0 Å². The number of hydrogen-bond acceptors (Lipinski definition) is 0. The van der Waals surface area contributed by atoms with Crippen LogP contribution in [0.5, 0.6) is 0 Å². The first-order valence-corrected chi connectivity index (χ1v) is 6.52. The van der Waals surface area contributed by atoms with Gasteiger partial charge in [0.15, 0.2) is 0 Å². The molecule has 0 aromatic carbocycles. The van der Waals surface area contributed by atoms with Crippen LogP contribution in [-0.4, -0.2) is 5.54 Å². The molecule has 0 aromatic rings. The van der Waals surface area contributed by atoms with E-state index in [4.69, 9.17) is 5.73 Å².